The Morgan fingerprint density at radius 1 is 0.714 bits per heavy atom. The van der Waals surface area contributed by atoms with E-state index in [1.807, 2.05) is 13.8 Å². The highest BCUT2D eigenvalue weighted by molar-refractivity contribution is 5.69. The second kappa shape index (κ2) is 26.6. The molecular formula is C18H36O10. The summed E-state index contributed by atoms with van der Waals surface area (Å²) < 4.78 is 0. The molecule has 10 heteroatoms. The van der Waals surface area contributed by atoms with Gasteiger partial charge in [0.2, 0.25) is 0 Å². The van der Waals surface area contributed by atoms with Crippen molar-refractivity contribution in [1.82, 2.24) is 0 Å². The number of hydrogen-bond acceptors (Lipinski definition) is 5. The third kappa shape index (κ3) is 76.5. The zero-order valence-electron chi connectivity index (χ0n) is 17.8. The number of aliphatic carboxylic acids is 5. The lowest BCUT2D eigenvalue weighted by Gasteiger charge is -1.96. The van der Waals surface area contributed by atoms with Crippen LogP contribution in [-0.2, 0) is 24.0 Å². The van der Waals surface area contributed by atoms with Crippen LogP contribution in [0.1, 0.15) is 74.1 Å². The van der Waals surface area contributed by atoms with E-state index in [0.717, 1.165) is 19.8 Å². The third-order valence-electron chi connectivity index (χ3n) is 2.29. The molecule has 1 atom stereocenters. The zero-order valence-corrected chi connectivity index (χ0v) is 17.8. The van der Waals surface area contributed by atoms with Crippen LogP contribution >= 0.6 is 0 Å². The fourth-order valence-electron chi connectivity index (χ4n) is 0.388. The van der Waals surface area contributed by atoms with Crippen molar-refractivity contribution in [2.24, 2.45) is 11.8 Å². The van der Waals surface area contributed by atoms with Crippen LogP contribution < -0.4 is 0 Å². The smallest absolute Gasteiger partial charge is 0.306 e. The van der Waals surface area contributed by atoms with Crippen molar-refractivity contribution in [3.05, 3.63) is 0 Å². The van der Waals surface area contributed by atoms with Gasteiger partial charge in [-0.25, -0.2) is 0 Å². The van der Waals surface area contributed by atoms with Crippen molar-refractivity contribution >= 4 is 29.8 Å². The normalized spacial score (nSPS) is 9.29. The van der Waals surface area contributed by atoms with Gasteiger partial charge >= 0.3 is 23.9 Å². The first-order chi connectivity index (χ1) is 12.6. The Balaban J connectivity index is -0.0000000797. The second-order valence-corrected chi connectivity index (χ2v) is 5.55. The van der Waals surface area contributed by atoms with E-state index >= 15 is 0 Å². The van der Waals surface area contributed by atoms with E-state index in [0.29, 0.717) is 6.42 Å². The van der Waals surface area contributed by atoms with Gasteiger partial charge in [0.15, 0.2) is 0 Å². The molecule has 0 spiro atoms. The maximum absolute atomic E-state index is 9.93. The number of carboxylic acid groups (broad SMARTS) is 5. The van der Waals surface area contributed by atoms with Crippen molar-refractivity contribution in [2.75, 3.05) is 0 Å². The SMILES string of the molecule is CC(=O)O.CC(C)C(=O)O.CCC(=O)O.CCC(C)C(=O)O.CCCC(=O)O. The molecule has 0 saturated carbocycles. The predicted octanol–water partition coefficient (Wildman–Crippen LogP) is 3.29. The first kappa shape index (κ1) is 36.3. The lowest BCUT2D eigenvalue weighted by Crippen LogP contribution is -2.06. The molecule has 0 radical (unpaired) electrons. The molecule has 0 aliphatic heterocycles. The van der Waals surface area contributed by atoms with Gasteiger partial charge in [-0.05, 0) is 12.8 Å². The van der Waals surface area contributed by atoms with E-state index in [9.17, 15) is 19.2 Å². The summed E-state index contributed by atoms with van der Waals surface area (Å²) in [5, 5.41) is 39.2. The monoisotopic (exact) mass is 412 g/mol. The molecule has 0 aromatic carbocycles. The first-order valence-electron chi connectivity index (χ1n) is 8.68. The molecule has 0 amide bonds. The summed E-state index contributed by atoms with van der Waals surface area (Å²) in [6.45, 7) is 11.4. The molecule has 0 fully saturated rings. The highest BCUT2D eigenvalue weighted by Crippen LogP contribution is 1.97. The van der Waals surface area contributed by atoms with Crippen molar-refractivity contribution in [2.45, 2.75) is 74.1 Å². The van der Waals surface area contributed by atoms with E-state index in [4.69, 9.17) is 30.3 Å². The molecule has 10 nitrogen and oxygen atoms in total. The van der Waals surface area contributed by atoms with Crippen LogP contribution in [-0.4, -0.2) is 55.4 Å². The summed E-state index contributed by atoms with van der Waals surface area (Å²) in [7, 11) is 0. The summed E-state index contributed by atoms with van der Waals surface area (Å²) in [5.74, 6) is -4.15. The highest BCUT2D eigenvalue weighted by atomic mass is 16.4. The summed E-state index contributed by atoms with van der Waals surface area (Å²) in [6.07, 6.45) is 1.96. The van der Waals surface area contributed by atoms with Crippen LogP contribution in [0, 0.1) is 11.8 Å². The van der Waals surface area contributed by atoms with Gasteiger partial charge in [-0.15, -0.1) is 0 Å². The molecule has 0 aromatic rings. The quantitative estimate of drug-likeness (QED) is 0.433. The average molecular weight is 412 g/mol. The van der Waals surface area contributed by atoms with E-state index in [-0.39, 0.29) is 18.3 Å². The van der Waals surface area contributed by atoms with Crippen LogP contribution in [0.15, 0.2) is 0 Å². The van der Waals surface area contributed by atoms with Gasteiger partial charge in [-0.1, -0.05) is 41.5 Å². The van der Waals surface area contributed by atoms with E-state index in [2.05, 4.69) is 0 Å². The van der Waals surface area contributed by atoms with Gasteiger partial charge in [0.05, 0.1) is 11.8 Å². The molecular weight excluding hydrogens is 376 g/mol. The van der Waals surface area contributed by atoms with Crippen LogP contribution in [0.4, 0.5) is 0 Å². The Morgan fingerprint density at radius 2 is 1.00 bits per heavy atom. The molecule has 0 bridgehead atoms. The minimum absolute atomic E-state index is 0.181. The van der Waals surface area contributed by atoms with Crippen molar-refractivity contribution in [3.8, 4) is 0 Å². The lowest BCUT2D eigenvalue weighted by molar-refractivity contribution is -0.141. The maximum atomic E-state index is 9.93. The Hall–Kier alpha value is -2.65. The maximum Gasteiger partial charge on any atom is 0.306 e. The minimum atomic E-state index is -0.833. The van der Waals surface area contributed by atoms with E-state index in [1.165, 1.54) is 0 Å². The largest absolute Gasteiger partial charge is 0.481 e. The summed E-state index contributed by atoms with van der Waals surface area (Å²) in [5.41, 5.74) is 0. The lowest BCUT2D eigenvalue weighted by atomic mass is 10.1. The fourth-order valence-corrected chi connectivity index (χ4v) is 0.388. The van der Waals surface area contributed by atoms with Gasteiger partial charge in [0.1, 0.15) is 0 Å². The molecule has 28 heavy (non-hydrogen) atoms. The summed E-state index contributed by atoms with van der Waals surface area (Å²) in [6, 6.07) is 0. The standard InChI is InChI=1S/C5H10O2.2C4H8O2.C3H6O2.C2H4O2/c1-3-4(2)5(6)7;1-3(2)4(5)6;1-2-3-4(5)6;1-2-3(4)5;1-2(3)4/h4H,3H2,1-2H3,(H,6,7);3H,1-2H3,(H,5,6);2-3H2,1H3,(H,5,6);2H2,1H3,(H,4,5);1H3,(H,3,4). The summed E-state index contributed by atoms with van der Waals surface area (Å²) >= 11 is 0. The topological polar surface area (TPSA) is 186 Å². The second-order valence-electron chi connectivity index (χ2n) is 5.55. The molecule has 0 rings (SSSR count). The minimum Gasteiger partial charge on any atom is -0.481 e. The van der Waals surface area contributed by atoms with Crippen molar-refractivity contribution in [1.29, 1.82) is 0 Å². The molecule has 0 aromatic heterocycles. The fraction of sp³-hybridized carbons (Fsp3) is 0.722. The van der Waals surface area contributed by atoms with Gasteiger partial charge in [-0.2, -0.15) is 0 Å². The first-order valence-corrected chi connectivity index (χ1v) is 8.68. The Morgan fingerprint density at radius 3 is 1.00 bits per heavy atom. The number of rotatable bonds is 6. The van der Waals surface area contributed by atoms with E-state index < -0.39 is 29.8 Å². The molecule has 0 aliphatic carbocycles. The molecule has 5 N–H and O–H groups in total. The van der Waals surface area contributed by atoms with Gasteiger partial charge in [0, 0.05) is 19.8 Å². The number of carbonyl (C=O) groups is 5. The Bertz CT molecular complexity index is 426. The van der Waals surface area contributed by atoms with E-state index in [1.54, 1.807) is 27.7 Å². The van der Waals surface area contributed by atoms with Crippen LogP contribution in [0.3, 0.4) is 0 Å². The van der Waals surface area contributed by atoms with Gasteiger partial charge < -0.3 is 25.5 Å². The number of carboxylic acids is 5. The van der Waals surface area contributed by atoms with Crippen LogP contribution in [0.5, 0.6) is 0 Å². The Labute approximate surface area is 166 Å². The van der Waals surface area contributed by atoms with Crippen LogP contribution in [0.25, 0.3) is 0 Å². The average Bonchev–Trinajstić information content (AvgIpc) is 2.54. The summed E-state index contributed by atoms with van der Waals surface area (Å²) in [4.78, 5) is 47.6. The van der Waals surface area contributed by atoms with Crippen molar-refractivity contribution in [3.63, 3.8) is 0 Å². The van der Waals surface area contributed by atoms with Crippen molar-refractivity contribution < 1.29 is 49.5 Å². The molecule has 0 aliphatic rings. The Kier molecular flexibility index (Phi) is 34.5. The molecule has 0 saturated heterocycles. The molecule has 0 heterocycles. The van der Waals surface area contributed by atoms with Crippen LogP contribution in [0.2, 0.25) is 0 Å². The zero-order chi connectivity index (χ0) is 23.9. The third-order valence-corrected chi connectivity index (χ3v) is 2.29. The molecule has 1 unspecified atom stereocenters. The van der Waals surface area contributed by atoms with Gasteiger partial charge in [-0.3, -0.25) is 24.0 Å². The molecule has 168 valence electrons. The number of hydrogen-bond donors (Lipinski definition) is 5. The van der Waals surface area contributed by atoms with Gasteiger partial charge in [0.25, 0.3) is 5.97 Å². The predicted molar refractivity (Wildman–Crippen MR) is 103 cm³/mol. The highest BCUT2D eigenvalue weighted by Gasteiger charge is 2.05.